The van der Waals surface area contributed by atoms with Gasteiger partial charge in [0.15, 0.2) is 8.32 Å². The third kappa shape index (κ3) is 15.9. The van der Waals surface area contributed by atoms with E-state index in [-0.39, 0.29) is 12.5 Å². The molecule has 21 heavy (non-hydrogen) atoms. The topological polar surface area (TPSA) is 46.5 Å². The van der Waals surface area contributed by atoms with Crippen LogP contribution in [0.2, 0.25) is 19.6 Å². The lowest BCUT2D eigenvalue weighted by Crippen LogP contribution is -2.33. The van der Waals surface area contributed by atoms with Crippen molar-refractivity contribution < 1.29 is 14.3 Å². The van der Waals surface area contributed by atoms with Crippen molar-refractivity contribution in [3.8, 4) is 0 Å². The molecule has 0 spiro atoms. The first-order valence-electron chi connectivity index (χ1n) is 8.74. The summed E-state index contributed by atoms with van der Waals surface area (Å²) in [5.74, 6) is -0.742. The van der Waals surface area contributed by atoms with Crippen molar-refractivity contribution in [3.05, 3.63) is 0 Å². The molecule has 0 aliphatic carbocycles. The Morgan fingerprint density at radius 3 is 1.86 bits per heavy atom. The van der Waals surface area contributed by atoms with Gasteiger partial charge < -0.3 is 9.53 Å². The zero-order chi connectivity index (χ0) is 16.1. The van der Waals surface area contributed by atoms with E-state index in [9.17, 15) is 4.79 Å². The van der Waals surface area contributed by atoms with Gasteiger partial charge in [-0.1, -0.05) is 64.7 Å². The molecule has 0 fully saturated rings. The second-order valence-corrected chi connectivity index (χ2v) is 11.5. The van der Waals surface area contributed by atoms with Crippen molar-refractivity contribution >= 4 is 14.3 Å². The number of hydrogen-bond acceptors (Lipinski definition) is 2. The van der Waals surface area contributed by atoms with E-state index < -0.39 is 14.3 Å². The first-order chi connectivity index (χ1) is 9.85. The summed E-state index contributed by atoms with van der Waals surface area (Å²) in [7, 11) is -1.64. The minimum Gasteiger partial charge on any atom is -0.481 e. The molecule has 3 nitrogen and oxygen atoms in total. The maximum atomic E-state index is 10.9. The van der Waals surface area contributed by atoms with Crippen LogP contribution >= 0.6 is 0 Å². The number of carboxylic acid groups (broad SMARTS) is 1. The number of carbonyl (C=O) groups is 1. The van der Waals surface area contributed by atoms with Crippen molar-refractivity contribution in [3.63, 3.8) is 0 Å². The van der Waals surface area contributed by atoms with Gasteiger partial charge in [-0.3, -0.25) is 4.79 Å². The molecule has 0 rings (SSSR count). The molecule has 126 valence electrons. The summed E-state index contributed by atoms with van der Waals surface area (Å²) in [6.45, 7) is 8.62. The van der Waals surface area contributed by atoms with Crippen LogP contribution in [0.1, 0.15) is 77.6 Å². The molecule has 0 bridgehead atoms. The summed E-state index contributed by atoms with van der Waals surface area (Å²) in [5, 5.41) is 8.96. The SMILES string of the molecule is CCCCCCCCCCCC(CC(=O)O)O[Si](C)(C)C. The molecule has 0 aromatic heterocycles. The quantitative estimate of drug-likeness (QED) is 0.335. The second-order valence-electron chi connectivity index (χ2n) is 7.07. The minimum atomic E-state index is -1.64. The third-order valence-electron chi connectivity index (χ3n) is 3.55. The van der Waals surface area contributed by atoms with Crippen LogP contribution < -0.4 is 0 Å². The molecule has 4 heteroatoms. The molecule has 0 saturated carbocycles. The highest BCUT2D eigenvalue weighted by Crippen LogP contribution is 2.17. The molecular weight excluding hydrogens is 280 g/mol. The van der Waals surface area contributed by atoms with Crippen molar-refractivity contribution in [2.24, 2.45) is 0 Å². The summed E-state index contributed by atoms with van der Waals surface area (Å²) < 4.78 is 5.98. The molecular formula is C17H36O3Si. The summed E-state index contributed by atoms with van der Waals surface area (Å²) in [6, 6.07) is 0. The van der Waals surface area contributed by atoms with E-state index in [2.05, 4.69) is 26.6 Å². The molecule has 1 unspecified atom stereocenters. The number of unbranched alkanes of at least 4 members (excludes halogenated alkanes) is 8. The first kappa shape index (κ1) is 20.6. The zero-order valence-corrected chi connectivity index (χ0v) is 15.6. The fourth-order valence-corrected chi connectivity index (χ4v) is 3.78. The number of hydrogen-bond donors (Lipinski definition) is 1. The van der Waals surface area contributed by atoms with Crippen molar-refractivity contribution in [2.45, 2.75) is 103 Å². The Kier molecular flexibility index (Phi) is 12.0. The van der Waals surface area contributed by atoms with E-state index in [0.717, 1.165) is 12.8 Å². The summed E-state index contributed by atoms with van der Waals surface area (Å²) >= 11 is 0. The van der Waals surface area contributed by atoms with E-state index in [4.69, 9.17) is 9.53 Å². The number of carboxylic acids is 1. The van der Waals surface area contributed by atoms with Crippen molar-refractivity contribution in [1.29, 1.82) is 0 Å². The molecule has 1 atom stereocenters. The Hall–Kier alpha value is -0.353. The van der Waals surface area contributed by atoms with Crippen LogP contribution in [0.25, 0.3) is 0 Å². The highest BCUT2D eigenvalue weighted by Gasteiger charge is 2.22. The largest absolute Gasteiger partial charge is 0.481 e. The van der Waals surface area contributed by atoms with Gasteiger partial charge in [0.05, 0.1) is 12.5 Å². The molecule has 0 heterocycles. The van der Waals surface area contributed by atoms with Crippen molar-refractivity contribution in [1.82, 2.24) is 0 Å². The van der Waals surface area contributed by atoms with Crippen LogP contribution in [0.15, 0.2) is 0 Å². The van der Waals surface area contributed by atoms with Crippen molar-refractivity contribution in [2.75, 3.05) is 0 Å². The summed E-state index contributed by atoms with van der Waals surface area (Å²) in [6.07, 6.45) is 12.6. The van der Waals surface area contributed by atoms with Crippen LogP contribution in [0.3, 0.4) is 0 Å². The fourth-order valence-electron chi connectivity index (χ4n) is 2.58. The molecule has 0 radical (unpaired) electrons. The number of aliphatic carboxylic acids is 1. The predicted octanol–water partition coefficient (Wildman–Crippen LogP) is 5.60. The highest BCUT2D eigenvalue weighted by molar-refractivity contribution is 6.69. The van der Waals surface area contributed by atoms with Crippen LogP contribution in [0.4, 0.5) is 0 Å². The van der Waals surface area contributed by atoms with Crippen LogP contribution in [-0.2, 0) is 9.22 Å². The maximum Gasteiger partial charge on any atom is 0.305 e. The lowest BCUT2D eigenvalue weighted by atomic mass is 10.0. The average molecular weight is 317 g/mol. The fraction of sp³-hybridized carbons (Fsp3) is 0.941. The third-order valence-corrected chi connectivity index (χ3v) is 4.59. The molecule has 0 saturated heterocycles. The predicted molar refractivity (Wildman–Crippen MR) is 92.3 cm³/mol. The standard InChI is InChI=1S/C17H36O3Si/c1-5-6-7-8-9-10-11-12-13-14-16(15-17(18)19)20-21(2,3)4/h16H,5-15H2,1-4H3,(H,18,19). The van der Waals surface area contributed by atoms with Gasteiger partial charge in [-0.15, -0.1) is 0 Å². The Labute approximate surface area is 132 Å². The van der Waals surface area contributed by atoms with Gasteiger partial charge in [-0.2, -0.15) is 0 Å². The summed E-state index contributed by atoms with van der Waals surface area (Å²) in [4.78, 5) is 10.9. The van der Waals surface area contributed by atoms with Gasteiger partial charge in [0.1, 0.15) is 0 Å². The van der Waals surface area contributed by atoms with Crippen LogP contribution in [0, 0.1) is 0 Å². The van der Waals surface area contributed by atoms with Gasteiger partial charge in [0, 0.05) is 0 Å². The molecule has 0 aromatic carbocycles. The normalized spacial score (nSPS) is 13.3. The van der Waals surface area contributed by atoms with E-state index in [1.165, 1.54) is 51.4 Å². The van der Waals surface area contributed by atoms with Crippen LogP contribution in [0.5, 0.6) is 0 Å². The van der Waals surface area contributed by atoms with Gasteiger partial charge in [-0.05, 0) is 26.1 Å². The number of rotatable bonds is 14. The van der Waals surface area contributed by atoms with E-state index in [0.29, 0.717) is 0 Å². The average Bonchev–Trinajstić information content (AvgIpc) is 2.34. The monoisotopic (exact) mass is 316 g/mol. The molecule has 1 N–H and O–H groups in total. The first-order valence-corrected chi connectivity index (χ1v) is 12.2. The Balaban J connectivity index is 3.66. The smallest absolute Gasteiger partial charge is 0.305 e. The maximum absolute atomic E-state index is 10.9. The van der Waals surface area contributed by atoms with E-state index >= 15 is 0 Å². The lowest BCUT2D eigenvalue weighted by molar-refractivity contribution is -0.139. The van der Waals surface area contributed by atoms with Crippen LogP contribution in [-0.4, -0.2) is 25.5 Å². The van der Waals surface area contributed by atoms with E-state index in [1.54, 1.807) is 0 Å². The minimum absolute atomic E-state index is 0.0845. The van der Waals surface area contributed by atoms with Gasteiger partial charge in [0.2, 0.25) is 0 Å². The molecule has 0 aliphatic heterocycles. The van der Waals surface area contributed by atoms with E-state index in [1.807, 2.05) is 0 Å². The van der Waals surface area contributed by atoms with Gasteiger partial charge in [0.25, 0.3) is 0 Å². The molecule has 0 aliphatic rings. The Bertz CT molecular complexity index is 261. The highest BCUT2D eigenvalue weighted by atomic mass is 28.4. The zero-order valence-electron chi connectivity index (χ0n) is 14.6. The second kappa shape index (κ2) is 12.2. The summed E-state index contributed by atoms with van der Waals surface area (Å²) in [5.41, 5.74) is 0. The van der Waals surface area contributed by atoms with Gasteiger partial charge in [-0.25, -0.2) is 0 Å². The Morgan fingerprint density at radius 1 is 0.952 bits per heavy atom. The molecule has 0 amide bonds. The van der Waals surface area contributed by atoms with Gasteiger partial charge >= 0.3 is 5.97 Å². The lowest BCUT2D eigenvalue weighted by Gasteiger charge is -2.25. The Morgan fingerprint density at radius 2 is 1.43 bits per heavy atom. The molecule has 0 aromatic rings.